The van der Waals surface area contributed by atoms with Gasteiger partial charge in [-0.05, 0) is 48.4 Å². The first-order valence-electron chi connectivity index (χ1n) is 9.13. The molecule has 0 aliphatic carbocycles. The fraction of sp³-hybridized carbons (Fsp3) is 0.136. The summed E-state index contributed by atoms with van der Waals surface area (Å²) in [6.45, 7) is 1.51. The number of benzene rings is 2. The van der Waals surface area contributed by atoms with Gasteiger partial charge in [-0.15, -0.1) is 11.3 Å². The Labute approximate surface area is 175 Å². The van der Waals surface area contributed by atoms with E-state index in [0.717, 1.165) is 16.9 Å². The third-order valence-electron chi connectivity index (χ3n) is 4.72. The molecule has 30 heavy (non-hydrogen) atoms. The van der Waals surface area contributed by atoms with Gasteiger partial charge in [0.05, 0.1) is 19.0 Å². The van der Waals surface area contributed by atoms with E-state index in [4.69, 9.17) is 4.74 Å². The van der Waals surface area contributed by atoms with E-state index in [2.05, 4.69) is 10.3 Å². The molecule has 0 fully saturated rings. The number of rotatable bonds is 5. The zero-order chi connectivity index (χ0) is 21.3. The van der Waals surface area contributed by atoms with Crippen molar-refractivity contribution >= 4 is 33.1 Å². The van der Waals surface area contributed by atoms with Crippen molar-refractivity contribution in [3.05, 3.63) is 75.9 Å². The number of aryl methyl sites for hydroxylation is 1. The second-order valence-electron chi connectivity index (χ2n) is 6.74. The molecular formula is C22H18FN3O3S. The lowest BCUT2D eigenvalue weighted by atomic mass is 10.1. The summed E-state index contributed by atoms with van der Waals surface area (Å²) in [6.07, 6.45) is 1.38. The number of ether oxygens (including phenoxy) is 1. The lowest BCUT2D eigenvalue weighted by molar-refractivity contribution is -0.116. The van der Waals surface area contributed by atoms with Crippen molar-refractivity contribution in [2.45, 2.75) is 13.5 Å². The third-order valence-corrected chi connectivity index (χ3v) is 5.68. The zero-order valence-electron chi connectivity index (χ0n) is 16.3. The molecule has 1 amide bonds. The number of hydrogen-bond donors (Lipinski definition) is 1. The quantitative estimate of drug-likeness (QED) is 0.522. The Bertz CT molecular complexity index is 1300. The van der Waals surface area contributed by atoms with Gasteiger partial charge in [0.15, 0.2) is 0 Å². The van der Waals surface area contributed by atoms with Crippen LogP contribution in [0.3, 0.4) is 0 Å². The predicted molar refractivity (Wildman–Crippen MR) is 116 cm³/mol. The highest BCUT2D eigenvalue weighted by atomic mass is 32.1. The largest absolute Gasteiger partial charge is 0.497 e. The molecule has 0 aliphatic rings. The van der Waals surface area contributed by atoms with Crippen LogP contribution in [0.15, 0.2) is 59.0 Å². The van der Waals surface area contributed by atoms with Crippen LogP contribution in [0.4, 0.5) is 10.1 Å². The number of fused-ring (bicyclic) bond motifs is 1. The van der Waals surface area contributed by atoms with Crippen LogP contribution in [0.5, 0.6) is 5.75 Å². The maximum atomic E-state index is 13.2. The number of hydrogen-bond acceptors (Lipinski definition) is 5. The summed E-state index contributed by atoms with van der Waals surface area (Å²) in [4.78, 5) is 29.7. The number of thiophene rings is 1. The Balaban J connectivity index is 1.59. The molecule has 2 heterocycles. The monoisotopic (exact) mass is 423 g/mol. The van der Waals surface area contributed by atoms with E-state index < -0.39 is 0 Å². The Hall–Kier alpha value is -3.52. The number of aromatic nitrogens is 2. The molecule has 0 saturated heterocycles. The van der Waals surface area contributed by atoms with Gasteiger partial charge >= 0.3 is 0 Å². The van der Waals surface area contributed by atoms with E-state index in [1.54, 1.807) is 14.0 Å². The van der Waals surface area contributed by atoms with E-state index in [1.807, 2.05) is 29.6 Å². The van der Waals surface area contributed by atoms with Gasteiger partial charge in [0.25, 0.3) is 5.56 Å². The minimum absolute atomic E-state index is 0.186. The van der Waals surface area contributed by atoms with E-state index in [0.29, 0.717) is 21.5 Å². The van der Waals surface area contributed by atoms with Crippen molar-refractivity contribution in [1.82, 2.24) is 9.55 Å². The maximum Gasteiger partial charge on any atom is 0.271 e. The predicted octanol–water partition coefficient (Wildman–Crippen LogP) is 4.22. The molecule has 0 radical (unpaired) electrons. The van der Waals surface area contributed by atoms with Crippen molar-refractivity contribution in [2.24, 2.45) is 0 Å². The fourth-order valence-corrected chi connectivity index (χ4v) is 4.12. The smallest absolute Gasteiger partial charge is 0.271 e. The van der Waals surface area contributed by atoms with Gasteiger partial charge in [-0.2, -0.15) is 0 Å². The molecule has 0 bridgehead atoms. The number of anilines is 1. The topological polar surface area (TPSA) is 73.2 Å². The Morgan fingerprint density at radius 3 is 2.70 bits per heavy atom. The normalized spacial score (nSPS) is 10.9. The molecule has 2 aromatic carbocycles. The third kappa shape index (κ3) is 3.81. The zero-order valence-corrected chi connectivity index (χ0v) is 17.1. The maximum absolute atomic E-state index is 13.2. The highest BCUT2D eigenvalue weighted by Crippen LogP contribution is 2.31. The summed E-state index contributed by atoms with van der Waals surface area (Å²) in [5.74, 6) is -0.0161. The highest BCUT2D eigenvalue weighted by Gasteiger charge is 2.14. The SMILES string of the molecule is COc1ccc(-c2csc3c(=O)n(CC(=O)Nc4ccc(F)cc4C)cnc23)cc1. The van der Waals surface area contributed by atoms with Gasteiger partial charge in [-0.1, -0.05) is 12.1 Å². The summed E-state index contributed by atoms with van der Waals surface area (Å²) in [5.41, 5.74) is 3.20. The number of nitrogens with one attached hydrogen (secondary N) is 1. The van der Waals surface area contributed by atoms with Gasteiger partial charge in [-0.25, -0.2) is 9.37 Å². The molecular weight excluding hydrogens is 405 g/mol. The van der Waals surface area contributed by atoms with Crippen LogP contribution in [0.2, 0.25) is 0 Å². The Morgan fingerprint density at radius 2 is 2.00 bits per heavy atom. The molecule has 4 rings (SSSR count). The van der Waals surface area contributed by atoms with E-state index >= 15 is 0 Å². The van der Waals surface area contributed by atoms with Crippen LogP contribution < -0.4 is 15.6 Å². The van der Waals surface area contributed by atoms with Crippen molar-refractivity contribution in [2.75, 3.05) is 12.4 Å². The van der Waals surface area contributed by atoms with Crippen molar-refractivity contribution in [1.29, 1.82) is 0 Å². The average molecular weight is 423 g/mol. The molecule has 1 N–H and O–H groups in total. The second-order valence-corrected chi connectivity index (χ2v) is 7.62. The van der Waals surface area contributed by atoms with Crippen LogP contribution >= 0.6 is 11.3 Å². The van der Waals surface area contributed by atoms with Crippen LogP contribution in [0, 0.1) is 12.7 Å². The van der Waals surface area contributed by atoms with Gasteiger partial charge < -0.3 is 10.1 Å². The molecule has 0 aliphatic heterocycles. The summed E-state index contributed by atoms with van der Waals surface area (Å²) in [5, 5.41) is 4.58. The molecule has 0 spiro atoms. The minimum Gasteiger partial charge on any atom is -0.497 e. The summed E-state index contributed by atoms with van der Waals surface area (Å²) < 4.78 is 20.2. The van der Waals surface area contributed by atoms with Crippen LogP contribution in [0.1, 0.15) is 5.56 Å². The standard InChI is InChI=1S/C22H18FN3O3S/c1-13-9-15(23)5-8-18(13)25-19(27)10-26-12-24-20-17(11-30-21(20)22(26)28)14-3-6-16(29-2)7-4-14/h3-9,11-12H,10H2,1-2H3,(H,25,27). The van der Waals surface area contributed by atoms with Gasteiger partial charge in [-0.3, -0.25) is 14.2 Å². The van der Waals surface area contributed by atoms with Gasteiger partial charge in [0.1, 0.15) is 22.8 Å². The molecule has 0 saturated carbocycles. The first-order chi connectivity index (χ1) is 14.5. The van der Waals surface area contributed by atoms with Gasteiger partial charge in [0, 0.05) is 16.6 Å². The lowest BCUT2D eigenvalue weighted by Crippen LogP contribution is -2.27. The Kier molecular flexibility index (Phi) is 5.33. The van der Waals surface area contributed by atoms with Crippen molar-refractivity contribution < 1.29 is 13.9 Å². The van der Waals surface area contributed by atoms with Crippen molar-refractivity contribution in [3.8, 4) is 16.9 Å². The molecule has 0 unspecified atom stereocenters. The number of methoxy groups -OCH3 is 1. The van der Waals surface area contributed by atoms with Gasteiger partial charge in [0.2, 0.25) is 5.91 Å². The fourth-order valence-electron chi connectivity index (χ4n) is 3.14. The number of carbonyl (C=O) groups is 1. The number of amides is 1. The number of nitrogens with zero attached hydrogens (tertiary/aromatic N) is 2. The van der Waals surface area contributed by atoms with Crippen molar-refractivity contribution in [3.63, 3.8) is 0 Å². The number of carbonyl (C=O) groups excluding carboxylic acids is 1. The molecule has 8 heteroatoms. The molecule has 2 aromatic heterocycles. The van der Waals surface area contributed by atoms with E-state index in [-0.39, 0.29) is 23.8 Å². The molecule has 0 atom stereocenters. The van der Waals surface area contributed by atoms with Crippen LogP contribution in [-0.2, 0) is 11.3 Å². The highest BCUT2D eigenvalue weighted by molar-refractivity contribution is 7.17. The van der Waals surface area contributed by atoms with Crippen LogP contribution in [0.25, 0.3) is 21.3 Å². The van der Waals surface area contributed by atoms with E-state index in [9.17, 15) is 14.0 Å². The average Bonchev–Trinajstić information content (AvgIpc) is 3.17. The molecule has 4 aromatic rings. The first kappa shape index (κ1) is 19.8. The lowest BCUT2D eigenvalue weighted by Gasteiger charge is -2.10. The Morgan fingerprint density at radius 1 is 1.23 bits per heavy atom. The minimum atomic E-state index is -0.389. The first-order valence-corrected chi connectivity index (χ1v) is 10.0. The van der Waals surface area contributed by atoms with E-state index in [1.165, 1.54) is 40.4 Å². The summed E-state index contributed by atoms with van der Waals surface area (Å²) >= 11 is 1.29. The second kappa shape index (κ2) is 8.08. The molecule has 6 nitrogen and oxygen atoms in total. The summed E-state index contributed by atoms with van der Waals surface area (Å²) in [6, 6.07) is 11.6. The van der Waals surface area contributed by atoms with Crippen LogP contribution in [-0.4, -0.2) is 22.6 Å². The summed E-state index contributed by atoms with van der Waals surface area (Å²) in [7, 11) is 1.60. The number of halogens is 1. The molecule has 152 valence electrons.